The minimum atomic E-state index is -0.833. The lowest BCUT2D eigenvalue weighted by Gasteiger charge is -1.95. The van der Waals surface area contributed by atoms with Crippen LogP contribution in [0.25, 0.3) is 5.65 Å². The maximum Gasteiger partial charge on any atom is 0.352 e. The number of carboxylic acids is 1. The van der Waals surface area contributed by atoms with Crippen LogP contribution in [0.1, 0.15) is 17.4 Å². The van der Waals surface area contributed by atoms with Gasteiger partial charge in [-0.2, -0.15) is 4.68 Å². The predicted molar refractivity (Wildman–Crippen MR) is 57.9 cm³/mol. The SMILES string of the molecule is CC(=O)O.Cn1nnc2c(C(N)=O)ncn2c1=O. The molecular weight excluding hydrogens is 244 g/mol. The fraction of sp³-hybridized carbons (Fsp3) is 0.250. The molecule has 0 bridgehead atoms. The highest BCUT2D eigenvalue weighted by atomic mass is 16.4. The zero-order chi connectivity index (χ0) is 13.9. The van der Waals surface area contributed by atoms with Crippen molar-refractivity contribution in [1.29, 1.82) is 0 Å². The van der Waals surface area contributed by atoms with Crippen molar-refractivity contribution < 1.29 is 14.7 Å². The number of imidazole rings is 1. The Hall–Kier alpha value is -2.78. The number of carboxylic acid groups (broad SMARTS) is 1. The van der Waals surface area contributed by atoms with Gasteiger partial charge in [-0.05, 0) is 0 Å². The van der Waals surface area contributed by atoms with Gasteiger partial charge in [0, 0.05) is 14.0 Å². The molecule has 2 rings (SSSR count). The first kappa shape index (κ1) is 13.3. The molecule has 0 spiro atoms. The number of rotatable bonds is 1. The fourth-order valence-electron chi connectivity index (χ4n) is 1.05. The molecule has 0 saturated heterocycles. The van der Waals surface area contributed by atoms with Crippen molar-refractivity contribution in [3.8, 4) is 0 Å². The second kappa shape index (κ2) is 5.03. The Bertz CT molecular complexity index is 653. The summed E-state index contributed by atoms with van der Waals surface area (Å²) in [7, 11) is 1.44. The Morgan fingerprint density at radius 1 is 1.44 bits per heavy atom. The first-order valence-electron chi connectivity index (χ1n) is 4.61. The van der Waals surface area contributed by atoms with Crippen LogP contribution in [0, 0.1) is 0 Å². The van der Waals surface area contributed by atoms with E-state index in [1.165, 1.54) is 13.4 Å². The van der Waals surface area contributed by atoms with Gasteiger partial charge in [-0.15, -0.1) is 5.10 Å². The second-order valence-corrected chi connectivity index (χ2v) is 3.17. The van der Waals surface area contributed by atoms with Gasteiger partial charge in [0.05, 0.1) is 0 Å². The highest BCUT2D eigenvalue weighted by molar-refractivity contribution is 5.96. The molecular formula is C8H10N6O4. The fourth-order valence-corrected chi connectivity index (χ4v) is 1.05. The van der Waals surface area contributed by atoms with Gasteiger partial charge in [0.2, 0.25) is 0 Å². The Balaban J connectivity index is 0.000000357. The summed E-state index contributed by atoms with van der Waals surface area (Å²) in [6, 6.07) is 0. The number of fused-ring (bicyclic) bond motifs is 1. The van der Waals surface area contributed by atoms with E-state index in [0.29, 0.717) is 0 Å². The van der Waals surface area contributed by atoms with Crippen molar-refractivity contribution in [2.24, 2.45) is 12.8 Å². The summed E-state index contributed by atoms with van der Waals surface area (Å²) < 4.78 is 2.13. The third-order valence-electron chi connectivity index (χ3n) is 1.73. The summed E-state index contributed by atoms with van der Waals surface area (Å²) >= 11 is 0. The van der Waals surface area contributed by atoms with Gasteiger partial charge in [-0.1, -0.05) is 5.21 Å². The summed E-state index contributed by atoms with van der Waals surface area (Å²) in [5.74, 6) is -1.57. The Morgan fingerprint density at radius 2 is 2.00 bits per heavy atom. The largest absolute Gasteiger partial charge is 0.481 e. The Labute approximate surface area is 99.7 Å². The van der Waals surface area contributed by atoms with E-state index in [9.17, 15) is 9.59 Å². The highest BCUT2D eigenvalue weighted by Gasteiger charge is 2.13. The Morgan fingerprint density at radius 3 is 2.50 bits per heavy atom. The monoisotopic (exact) mass is 254 g/mol. The van der Waals surface area contributed by atoms with E-state index in [1.807, 2.05) is 0 Å². The molecule has 0 aliphatic rings. The summed E-state index contributed by atoms with van der Waals surface area (Å²) in [6.45, 7) is 1.08. The van der Waals surface area contributed by atoms with Gasteiger partial charge in [-0.25, -0.2) is 14.2 Å². The van der Waals surface area contributed by atoms with Gasteiger partial charge < -0.3 is 10.8 Å². The Kier molecular flexibility index (Phi) is 3.72. The van der Waals surface area contributed by atoms with E-state index in [1.54, 1.807) is 0 Å². The molecule has 0 radical (unpaired) electrons. The molecule has 10 heteroatoms. The number of nitrogens with two attached hydrogens (primary N) is 1. The van der Waals surface area contributed by atoms with Crippen molar-refractivity contribution in [2.45, 2.75) is 6.92 Å². The van der Waals surface area contributed by atoms with Crippen LogP contribution in [0.2, 0.25) is 0 Å². The van der Waals surface area contributed by atoms with Crippen molar-refractivity contribution in [1.82, 2.24) is 24.4 Å². The number of aromatic nitrogens is 5. The van der Waals surface area contributed by atoms with E-state index in [0.717, 1.165) is 16.0 Å². The summed E-state index contributed by atoms with van der Waals surface area (Å²) in [6.07, 6.45) is 1.19. The zero-order valence-corrected chi connectivity index (χ0v) is 9.56. The van der Waals surface area contributed by atoms with E-state index >= 15 is 0 Å². The standard InChI is InChI=1S/C6H6N6O2.C2H4O2/c1-11-6(14)12-2-8-3(4(7)13)5(12)9-10-11;1-2(3)4/h2H,1H3,(H2,7,13);1H3,(H,3,4). The van der Waals surface area contributed by atoms with Gasteiger partial charge in [0.1, 0.15) is 6.33 Å². The van der Waals surface area contributed by atoms with Gasteiger partial charge in [0.15, 0.2) is 11.3 Å². The molecule has 0 aliphatic carbocycles. The number of aliphatic carboxylic acids is 1. The molecule has 2 aromatic heterocycles. The quantitative estimate of drug-likeness (QED) is 0.599. The molecule has 0 atom stereocenters. The second-order valence-electron chi connectivity index (χ2n) is 3.17. The molecule has 3 N–H and O–H groups in total. The maximum absolute atomic E-state index is 11.4. The lowest BCUT2D eigenvalue weighted by atomic mass is 10.4. The third kappa shape index (κ3) is 2.66. The lowest BCUT2D eigenvalue weighted by Crippen LogP contribution is -2.27. The topological polar surface area (TPSA) is 145 Å². The van der Waals surface area contributed by atoms with Crippen molar-refractivity contribution >= 4 is 17.5 Å². The van der Waals surface area contributed by atoms with Crippen LogP contribution < -0.4 is 11.4 Å². The van der Waals surface area contributed by atoms with Crippen LogP contribution in [0.3, 0.4) is 0 Å². The molecule has 2 heterocycles. The molecule has 0 aromatic carbocycles. The minimum Gasteiger partial charge on any atom is -0.481 e. The highest BCUT2D eigenvalue weighted by Crippen LogP contribution is 2.00. The average molecular weight is 254 g/mol. The number of hydrogen-bond donors (Lipinski definition) is 2. The number of carbonyl (C=O) groups excluding carboxylic acids is 1. The lowest BCUT2D eigenvalue weighted by molar-refractivity contribution is -0.134. The molecule has 2 aromatic rings. The van der Waals surface area contributed by atoms with E-state index in [-0.39, 0.29) is 11.3 Å². The predicted octanol–water partition coefficient (Wildman–Crippen LogP) is -1.99. The summed E-state index contributed by atoms with van der Waals surface area (Å²) in [5.41, 5.74) is 4.60. The minimum absolute atomic E-state index is 0.0600. The number of aryl methyl sites for hydroxylation is 1. The van der Waals surface area contributed by atoms with Crippen LogP contribution in [0.5, 0.6) is 0 Å². The molecule has 96 valence electrons. The first-order valence-corrected chi connectivity index (χ1v) is 4.61. The number of carbonyl (C=O) groups is 2. The van der Waals surface area contributed by atoms with Crippen molar-refractivity contribution in [2.75, 3.05) is 0 Å². The number of nitrogens with zero attached hydrogens (tertiary/aromatic N) is 5. The van der Waals surface area contributed by atoms with Gasteiger partial charge >= 0.3 is 5.69 Å². The molecule has 1 amide bonds. The average Bonchev–Trinajstić information content (AvgIpc) is 2.67. The van der Waals surface area contributed by atoms with Crippen LogP contribution in [0.4, 0.5) is 0 Å². The molecule has 0 fully saturated rings. The van der Waals surface area contributed by atoms with Crippen LogP contribution >= 0.6 is 0 Å². The van der Waals surface area contributed by atoms with E-state index in [2.05, 4.69) is 15.3 Å². The van der Waals surface area contributed by atoms with Crippen molar-refractivity contribution in [3.05, 3.63) is 22.5 Å². The van der Waals surface area contributed by atoms with Crippen LogP contribution in [-0.4, -0.2) is 41.4 Å². The van der Waals surface area contributed by atoms with Gasteiger partial charge in [0.25, 0.3) is 11.9 Å². The maximum atomic E-state index is 11.4. The van der Waals surface area contributed by atoms with E-state index in [4.69, 9.17) is 15.6 Å². The normalized spacial score (nSPS) is 9.67. The first-order chi connectivity index (χ1) is 8.34. The van der Waals surface area contributed by atoms with Gasteiger partial charge in [-0.3, -0.25) is 9.59 Å². The number of primary amides is 1. The molecule has 0 aliphatic heterocycles. The summed E-state index contributed by atoms with van der Waals surface area (Å²) in [5, 5.41) is 14.6. The zero-order valence-electron chi connectivity index (χ0n) is 9.56. The van der Waals surface area contributed by atoms with Crippen LogP contribution in [-0.2, 0) is 11.8 Å². The van der Waals surface area contributed by atoms with Crippen molar-refractivity contribution in [3.63, 3.8) is 0 Å². The van der Waals surface area contributed by atoms with Crippen LogP contribution in [0.15, 0.2) is 11.1 Å². The third-order valence-corrected chi connectivity index (χ3v) is 1.73. The smallest absolute Gasteiger partial charge is 0.352 e. The van der Waals surface area contributed by atoms with E-state index < -0.39 is 17.6 Å². The number of hydrogen-bond acceptors (Lipinski definition) is 6. The number of amides is 1. The molecule has 10 nitrogen and oxygen atoms in total. The molecule has 0 unspecified atom stereocenters. The molecule has 18 heavy (non-hydrogen) atoms. The summed E-state index contributed by atoms with van der Waals surface area (Å²) in [4.78, 5) is 34.9. The molecule has 0 saturated carbocycles.